The Morgan fingerprint density at radius 3 is 3.00 bits per heavy atom. The first-order valence-corrected chi connectivity index (χ1v) is 4.94. The summed E-state index contributed by atoms with van der Waals surface area (Å²) in [5.41, 5.74) is 0. The predicted octanol–water partition coefficient (Wildman–Crippen LogP) is 2.29. The second-order valence-electron chi connectivity index (χ2n) is 2.41. The summed E-state index contributed by atoms with van der Waals surface area (Å²) in [7, 11) is 0. The summed E-state index contributed by atoms with van der Waals surface area (Å²) < 4.78 is 4.99. The number of hydrogen-bond donors (Lipinski definition) is 0. The van der Waals surface area contributed by atoms with E-state index < -0.39 is 0 Å². The van der Waals surface area contributed by atoms with Crippen LogP contribution in [0.3, 0.4) is 0 Å². The van der Waals surface area contributed by atoms with Gasteiger partial charge in [0, 0.05) is 5.75 Å². The highest BCUT2D eigenvalue weighted by atomic mass is 32.2. The van der Waals surface area contributed by atoms with Crippen LogP contribution < -0.4 is 0 Å². The fourth-order valence-electron chi connectivity index (χ4n) is 0.465. The van der Waals surface area contributed by atoms with Crippen LogP contribution in [0, 0.1) is 5.92 Å². The van der Waals surface area contributed by atoms with Crippen LogP contribution in [0.5, 0.6) is 0 Å². The molecular formula is C6H10N2S2. The highest BCUT2D eigenvalue weighted by Crippen LogP contribution is 2.20. The second-order valence-corrected chi connectivity index (χ2v) is 4.46. The van der Waals surface area contributed by atoms with E-state index in [9.17, 15) is 0 Å². The van der Waals surface area contributed by atoms with E-state index in [1.807, 2.05) is 0 Å². The van der Waals surface area contributed by atoms with Crippen molar-refractivity contribution in [2.24, 2.45) is 5.92 Å². The molecule has 4 heteroatoms. The van der Waals surface area contributed by atoms with Crippen molar-refractivity contribution in [2.45, 2.75) is 18.2 Å². The van der Waals surface area contributed by atoms with Crippen molar-refractivity contribution >= 4 is 23.3 Å². The summed E-state index contributed by atoms with van der Waals surface area (Å²) in [4.78, 5) is 4.06. The van der Waals surface area contributed by atoms with E-state index in [-0.39, 0.29) is 0 Å². The SMILES string of the molecule is CC(C)CSc1ncns1. The summed E-state index contributed by atoms with van der Waals surface area (Å²) in [5.74, 6) is 1.86. The molecule has 0 saturated heterocycles. The molecule has 0 amide bonds. The van der Waals surface area contributed by atoms with Gasteiger partial charge >= 0.3 is 0 Å². The molecule has 1 aromatic heterocycles. The molecule has 0 fully saturated rings. The summed E-state index contributed by atoms with van der Waals surface area (Å²) in [5, 5.41) is 0. The van der Waals surface area contributed by atoms with Crippen molar-refractivity contribution < 1.29 is 0 Å². The molecule has 2 nitrogen and oxygen atoms in total. The predicted molar refractivity (Wildman–Crippen MR) is 45.5 cm³/mol. The highest BCUT2D eigenvalue weighted by Gasteiger charge is 1.98. The van der Waals surface area contributed by atoms with Gasteiger partial charge in [-0.25, -0.2) is 4.98 Å². The molecule has 1 heterocycles. The fourth-order valence-corrected chi connectivity index (χ4v) is 1.88. The third-order valence-corrected chi connectivity index (χ3v) is 3.11. The molecule has 0 bridgehead atoms. The molecule has 1 rings (SSSR count). The Morgan fingerprint density at radius 2 is 2.50 bits per heavy atom. The lowest BCUT2D eigenvalue weighted by molar-refractivity contribution is 0.750. The van der Waals surface area contributed by atoms with E-state index in [2.05, 4.69) is 23.2 Å². The smallest absolute Gasteiger partial charge is 0.169 e. The molecule has 1 aromatic rings. The maximum absolute atomic E-state index is 4.06. The number of thioether (sulfide) groups is 1. The molecule has 0 unspecified atom stereocenters. The van der Waals surface area contributed by atoms with Crippen LogP contribution in [-0.2, 0) is 0 Å². The van der Waals surface area contributed by atoms with Crippen molar-refractivity contribution in [1.29, 1.82) is 0 Å². The summed E-state index contributed by atoms with van der Waals surface area (Å²) in [6.07, 6.45) is 1.60. The van der Waals surface area contributed by atoms with Crippen LogP contribution in [0.4, 0.5) is 0 Å². The molecule has 0 N–H and O–H groups in total. The largest absolute Gasteiger partial charge is 0.216 e. The molecule has 0 aliphatic carbocycles. The monoisotopic (exact) mass is 174 g/mol. The Hall–Kier alpha value is -0.0900. The molecule has 0 aromatic carbocycles. The fraction of sp³-hybridized carbons (Fsp3) is 0.667. The molecule has 0 radical (unpaired) electrons. The molecule has 0 spiro atoms. The van der Waals surface area contributed by atoms with Crippen molar-refractivity contribution in [3.63, 3.8) is 0 Å². The van der Waals surface area contributed by atoms with Gasteiger partial charge in [-0.1, -0.05) is 25.6 Å². The zero-order valence-electron chi connectivity index (χ0n) is 6.07. The van der Waals surface area contributed by atoms with E-state index in [0.717, 1.165) is 16.0 Å². The van der Waals surface area contributed by atoms with Gasteiger partial charge in [0.05, 0.1) is 0 Å². The maximum Gasteiger partial charge on any atom is 0.169 e. The Morgan fingerprint density at radius 1 is 1.70 bits per heavy atom. The molecular weight excluding hydrogens is 164 g/mol. The first-order valence-electron chi connectivity index (χ1n) is 3.18. The quantitative estimate of drug-likeness (QED) is 0.657. The Bertz CT molecular complexity index is 172. The lowest BCUT2D eigenvalue weighted by Crippen LogP contribution is -1.89. The van der Waals surface area contributed by atoms with E-state index in [4.69, 9.17) is 0 Å². The van der Waals surface area contributed by atoms with Gasteiger partial charge in [0.25, 0.3) is 0 Å². The third kappa shape index (κ3) is 2.66. The van der Waals surface area contributed by atoms with Crippen molar-refractivity contribution in [1.82, 2.24) is 9.36 Å². The molecule has 0 saturated carbocycles. The first kappa shape index (κ1) is 8.01. The summed E-state index contributed by atoms with van der Waals surface area (Å²) in [6, 6.07) is 0. The van der Waals surface area contributed by atoms with E-state index >= 15 is 0 Å². The molecule has 0 aliphatic heterocycles. The van der Waals surface area contributed by atoms with Crippen LogP contribution in [-0.4, -0.2) is 15.1 Å². The minimum Gasteiger partial charge on any atom is -0.216 e. The van der Waals surface area contributed by atoms with Crippen LogP contribution in [0.1, 0.15) is 13.8 Å². The minimum absolute atomic E-state index is 0.730. The normalized spacial score (nSPS) is 10.7. The molecule has 56 valence electrons. The standard InChI is InChI=1S/C6H10N2S2/c1-5(2)3-9-6-7-4-8-10-6/h4-5H,3H2,1-2H3. The number of nitrogens with zero attached hydrogens (tertiary/aromatic N) is 2. The summed E-state index contributed by atoms with van der Waals surface area (Å²) in [6.45, 7) is 4.40. The van der Waals surface area contributed by atoms with Gasteiger partial charge in [-0.3, -0.25) is 0 Å². The number of aromatic nitrogens is 2. The van der Waals surface area contributed by atoms with Crippen LogP contribution in [0.15, 0.2) is 10.7 Å². The minimum atomic E-state index is 0.730. The Kier molecular flexibility index (Phi) is 3.15. The molecule has 10 heavy (non-hydrogen) atoms. The van der Waals surface area contributed by atoms with E-state index in [1.165, 1.54) is 11.5 Å². The number of hydrogen-bond acceptors (Lipinski definition) is 4. The van der Waals surface area contributed by atoms with Gasteiger partial charge in [0.2, 0.25) is 0 Å². The van der Waals surface area contributed by atoms with Gasteiger partial charge in [0.1, 0.15) is 6.33 Å². The maximum atomic E-state index is 4.06. The highest BCUT2D eigenvalue weighted by molar-refractivity contribution is 8.00. The van der Waals surface area contributed by atoms with E-state index in [1.54, 1.807) is 18.1 Å². The Balaban J connectivity index is 2.28. The average molecular weight is 174 g/mol. The zero-order valence-corrected chi connectivity index (χ0v) is 7.71. The average Bonchev–Trinajstić information content (AvgIpc) is 2.34. The first-order chi connectivity index (χ1) is 4.79. The third-order valence-electron chi connectivity index (χ3n) is 0.881. The van der Waals surface area contributed by atoms with Gasteiger partial charge < -0.3 is 0 Å². The van der Waals surface area contributed by atoms with Gasteiger partial charge in [-0.15, -0.1) is 0 Å². The van der Waals surface area contributed by atoms with Crippen LogP contribution >= 0.6 is 23.3 Å². The van der Waals surface area contributed by atoms with Gasteiger partial charge in [-0.05, 0) is 17.5 Å². The van der Waals surface area contributed by atoms with E-state index in [0.29, 0.717) is 0 Å². The van der Waals surface area contributed by atoms with Crippen molar-refractivity contribution in [3.8, 4) is 0 Å². The Labute approximate surface area is 69.2 Å². The van der Waals surface area contributed by atoms with Crippen molar-refractivity contribution in [3.05, 3.63) is 6.33 Å². The van der Waals surface area contributed by atoms with Gasteiger partial charge in [-0.2, -0.15) is 4.37 Å². The van der Waals surface area contributed by atoms with Crippen LogP contribution in [0.2, 0.25) is 0 Å². The lowest BCUT2D eigenvalue weighted by Gasteiger charge is -1.98. The molecule has 0 atom stereocenters. The topological polar surface area (TPSA) is 25.8 Å². The zero-order chi connectivity index (χ0) is 7.40. The van der Waals surface area contributed by atoms with Crippen molar-refractivity contribution in [2.75, 3.05) is 5.75 Å². The molecule has 0 aliphatic rings. The second kappa shape index (κ2) is 3.93. The number of rotatable bonds is 3. The summed E-state index contributed by atoms with van der Waals surface area (Å²) >= 11 is 3.25. The lowest BCUT2D eigenvalue weighted by atomic mass is 10.3. The van der Waals surface area contributed by atoms with Gasteiger partial charge in [0.15, 0.2) is 4.34 Å². The van der Waals surface area contributed by atoms with Crippen LogP contribution in [0.25, 0.3) is 0 Å².